The molecule has 1 aliphatic carbocycles. The van der Waals surface area contributed by atoms with Gasteiger partial charge in [-0.15, -0.1) is 0 Å². The summed E-state index contributed by atoms with van der Waals surface area (Å²) < 4.78 is 7.53. The van der Waals surface area contributed by atoms with E-state index in [1.54, 1.807) is 17.4 Å². The van der Waals surface area contributed by atoms with Crippen molar-refractivity contribution >= 4 is 11.8 Å². The quantitative estimate of drug-likeness (QED) is 0.635. The zero-order chi connectivity index (χ0) is 23.0. The SMILES string of the molecule is C[C@@H]1CCCC[C@H]1NC(=O)[C@@]1(C)Cn2c(ccc2-c2ccco2)C(=O)N1Cc1ccccn1. The highest BCUT2D eigenvalue weighted by molar-refractivity contribution is 6.00. The lowest BCUT2D eigenvalue weighted by Crippen LogP contribution is -2.65. The molecule has 3 aromatic heterocycles. The summed E-state index contributed by atoms with van der Waals surface area (Å²) in [5.41, 5.74) is 1.03. The number of amides is 2. The van der Waals surface area contributed by atoms with Gasteiger partial charge in [0.25, 0.3) is 5.91 Å². The van der Waals surface area contributed by atoms with Crippen LogP contribution in [0.3, 0.4) is 0 Å². The normalized spacial score (nSPS) is 25.0. The Kier molecular flexibility index (Phi) is 5.56. The summed E-state index contributed by atoms with van der Waals surface area (Å²) in [4.78, 5) is 33.7. The monoisotopic (exact) mass is 446 g/mol. The van der Waals surface area contributed by atoms with Crippen LogP contribution in [0.5, 0.6) is 0 Å². The molecule has 33 heavy (non-hydrogen) atoms. The van der Waals surface area contributed by atoms with E-state index in [1.165, 1.54) is 6.42 Å². The number of rotatable bonds is 5. The summed E-state index contributed by atoms with van der Waals surface area (Å²) in [6, 6.07) is 13.2. The van der Waals surface area contributed by atoms with E-state index in [0.29, 0.717) is 23.9 Å². The number of carbonyl (C=O) groups excluding carboxylic acids is 2. The zero-order valence-electron chi connectivity index (χ0n) is 19.2. The molecule has 3 atom stereocenters. The minimum Gasteiger partial charge on any atom is -0.463 e. The highest BCUT2D eigenvalue weighted by atomic mass is 16.3. The van der Waals surface area contributed by atoms with Crippen molar-refractivity contribution in [1.82, 2.24) is 19.8 Å². The first-order valence-electron chi connectivity index (χ1n) is 11.7. The standard InChI is InChI=1S/C26H30N4O3/c1-18-8-3-4-10-20(18)28-25(32)26(2)17-29-21(23-11-7-15-33-23)12-13-22(29)24(31)30(26)16-19-9-5-6-14-27-19/h5-7,9,11-15,18,20H,3-4,8,10,16-17H2,1-2H3,(H,28,32)/t18-,20-,26-/m1/s1. The molecule has 7 nitrogen and oxygen atoms in total. The largest absolute Gasteiger partial charge is 0.463 e. The van der Waals surface area contributed by atoms with Crippen LogP contribution in [0.15, 0.2) is 59.3 Å². The zero-order valence-corrected chi connectivity index (χ0v) is 19.2. The molecule has 0 unspecified atom stereocenters. The third-order valence-electron chi connectivity index (χ3n) is 7.24. The molecule has 2 amide bonds. The predicted octanol–water partition coefficient (Wildman–Crippen LogP) is 4.25. The van der Waals surface area contributed by atoms with Gasteiger partial charge in [-0.3, -0.25) is 14.6 Å². The van der Waals surface area contributed by atoms with Gasteiger partial charge in [0.2, 0.25) is 5.91 Å². The van der Waals surface area contributed by atoms with Gasteiger partial charge in [-0.25, -0.2) is 0 Å². The van der Waals surface area contributed by atoms with Gasteiger partial charge in [0.05, 0.1) is 30.7 Å². The number of pyridine rings is 1. The fourth-order valence-corrected chi connectivity index (χ4v) is 5.17. The van der Waals surface area contributed by atoms with Crippen molar-refractivity contribution < 1.29 is 14.0 Å². The molecule has 5 rings (SSSR count). The summed E-state index contributed by atoms with van der Waals surface area (Å²) in [5, 5.41) is 3.30. The highest BCUT2D eigenvalue weighted by Gasteiger charge is 2.48. The Hall–Kier alpha value is -3.35. The number of furan rings is 1. The molecule has 7 heteroatoms. The molecule has 1 aliphatic heterocycles. The molecule has 1 saturated carbocycles. The maximum Gasteiger partial charge on any atom is 0.271 e. The van der Waals surface area contributed by atoms with Crippen LogP contribution in [0.4, 0.5) is 0 Å². The number of aromatic nitrogens is 2. The average molecular weight is 447 g/mol. The molecule has 0 radical (unpaired) electrons. The first kappa shape index (κ1) is 21.5. The van der Waals surface area contributed by atoms with E-state index < -0.39 is 5.54 Å². The summed E-state index contributed by atoms with van der Waals surface area (Å²) in [7, 11) is 0. The van der Waals surface area contributed by atoms with Gasteiger partial charge in [0, 0.05) is 12.2 Å². The van der Waals surface area contributed by atoms with Crippen molar-refractivity contribution in [2.24, 2.45) is 5.92 Å². The molecule has 0 aromatic carbocycles. The first-order valence-corrected chi connectivity index (χ1v) is 11.7. The van der Waals surface area contributed by atoms with Crippen LogP contribution < -0.4 is 5.32 Å². The third kappa shape index (κ3) is 3.86. The summed E-state index contributed by atoms with van der Waals surface area (Å²) in [5.74, 6) is 0.806. The first-order chi connectivity index (χ1) is 16.0. The fraction of sp³-hybridized carbons (Fsp3) is 0.423. The second-order valence-corrected chi connectivity index (χ2v) is 9.50. The minimum atomic E-state index is -1.07. The third-order valence-corrected chi connectivity index (χ3v) is 7.24. The van der Waals surface area contributed by atoms with Crippen LogP contribution in [0, 0.1) is 5.92 Å². The van der Waals surface area contributed by atoms with E-state index >= 15 is 0 Å². The molecule has 2 aliphatic rings. The van der Waals surface area contributed by atoms with Crippen LogP contribution >= 0.6 is 0 Å². The topological polar surface area (TPSA) is 80.4 Å². The minimum absolute atomic E-state index is 0.115. The van der Waals surface area contributed by atoms with E-state index in [9.17, 15) is 9.59 Å². The maximum atomic E-state index is 13.8. The number of hydrogen-bond donors (Lipinski definition) is 1. The summed E-state index contributed by atoms with van der Waals surface area (Å²) in [6.45, 7) is 4.68. The molecule has 1 N–H and O–H groups in total. The van der Waals surface area contributed by atoms with E-state index in [1.807, 2.05) is 54.0 Å². The lowest BCUT2D eigenvalue weighted by atomic mass is 9.85. The van der Waals surface area contributed by atoms with E-state index in [0.717, 1.165) is 30.7 Å². The second-order valence-electron chi connectivity index (χ2n) is 9.50. The number of nitrogens with one attached hydrogen (secondary N) is 1. The molecular formula is C26H30N4O3. The Balaban J connectivity index is 1.53. The average Bonchev–Trinajstić information content (AvgIpc) is 3.49. The lowest BCUT2D eigenvalue weighted by molar-refractivity contribution is -0.134. The summed E-state index contributed by atoms with van der Waals surface area (Å²) in [6.07, 6.45) is 7.74. The van der Waals surface area contributed by atoms with Crippen molar-refractivity contribution in [3.05, 3.63) is 66.3 Å². The van der Waals surface area contributed by atoms with Crippen molar-refractivity contribution in [2.45, 2.75) is 64.2 Å². The van der Waals surface area contributed by atoms with Gasteiger partial charge in [-0.05, 0) is 62.1 Å². The molecule has 0 spiro atoms. The van der Waals surface area contributed by atoms with Gasteiger partial charge in [-0.1, -0.05) is 25.8 Å². The molecule has 0 saturated heterocycles. The fourth-order valence-electron chi connectivity index (χ4n) is 5.17. The maximum absolute atomic E-state index is 13.8. The lowest BCUT2D eigenvalue weighted by Gasteiger charge is -2.45. The smallest absolute Gasteiger partial charge is 0.271 e. The van der Waals surface area contributed by atoms with Crippen LogP contribution in [0.2, 0.25) is 0 Å². The number of fused-ring (bicyclic) bond motifs is 1. The van der Waals surface area contributed by atoms with Gasteiger partial charge < -0.3 is 19.2 Å². The van der Waals surface area contributed by atoms with Crippen LogP contribution in [0.25, 0.3) is 11.5 Å². The van der Waals surface area contributed by atoms with Gasteiger partial charge in [-0.2, -0.15) is 0 Å². The Morgan fingerprint density at radius 1 is 1.15 bits per heavy atom. The van der Waals surface area contributed by atoms with E-state index in [4.69, 9.17) is 4.42 Å². The highest BCUT2D eigenvalue weighted by Crippen LogP contribution is 2.35. The van der Waals surface area contributed by atoms with Crippen LogP contribution in [-0.2, 0) is 17.9 Å². The number of nitrogens with zero attached hydrogens (tertiary/aromatic N) is 3. The van der Waals surface area contributed by atoms with Gasteiger partial charge in [0.15, 0.2) is 0 Å². The van der Waals surface area contributed by atoms with E-state index in [-0.39, 0.29) is 24.4 Å². The second kappa shape index (κ2) is 8.54. The Labute approximate surface area is 193 Å². The molecule has 3 aromatic rings. The Morgan fingerprint density at radius 3 is 2.70 bits per heavy atom. The Bertz CT molecular complexity index is 1140. The molecular weight excluding hydrogens is 416 g/mol. The van der Waals surface area contributed by atoms with Gasteiger partial charge >= 0.3 is 0 Å². The van der Waals surface area contributed by atoms with Crippen molar-refractivity contribution in [3.63, 3.8) is 0 Å². The molecule has 1 fully saturated rings. The summed E-state index contributed by atoms with van der Waals surface area (Å²) >= 11 is 0. The number of carbonyl (C=O) groups is 2. The molecule has 4 heterocycles. The van der Waals surface area contributed by atoms with Gasteiger partial charge in [0.1, 0.15) is 17.0 Å². The van der Waals surface area contributed by atoms with Crippen molar-refractivity contribution in [1.29, 1.82) is 0 Å². The molecule has 0 bridgehead atoms. The molecule has 172 valence electrons. The van der Waals surface area contributed by atoms with Crippen LogP contribution in [0.1, 0.15) is 55.7 Å². The van der Waals surface area contributed by atoms with Crippen LogP contribution in [-0.4, -0.2) is 37.8 Å². The number of hydrogen-bond acceptors (Lipinski definition) is 4. The van der Waals surface area contributed by atoms with Crippen molar-refractivity contribution in [3.8, 4) is 11.5 Å². The Morgan fingerprint density at radius 2 is 1.97 bits per heavy atom. The van der Waals surface area contributed by atoms with E-state index in [2.05, 4.69) is 17.2 Å². The van der Waals surface area contributed by atoms with Crippen molar-refractivity contribution in [2.75, 3.05) is 0 Å². The predicted molar refractivity (Wildman–Crippen MR) is 124 cm³/mol.